The van der Waals surface area contributed by atoms with Crippen molar-refractivity contribution in [1.29, 1.82) is 0 Å². The van der Waals surface area contributed by atoms with Gasteiger partial charge in [0.25, 0.3) is 5.91 Å². The molecule has 2 aromatic rings. The van der Waals surface area contributed by atoms with Crippen molar-refractivity contribution < 1.29 is 23.4 Å². The van der Waals surface area contributed by atoms with E-state index in [0.717, 1.165) is 0 Å². The van der Waals surface area contributed by atoms with Crippen molar-refractivity contribution >= 4 is 17.7 Å². The molecule has 6 rings (SSSR count). The minimum absolute atomic E-state index is 0.124. The van der Waals surface area contributed by atoms with E-state index in [4.69, 9.17) is 4.74 Å². The Bertz CT molecular complexity index is 1390. The van der Waals surface area contributed by atoms with Crippen LogP contribution >= 0.6 is 11.8 Å². The fraction of sp³-hybridized carbons (Fsp3) is 0.385. The lowest BCUT2D eigenvalue weighted by molar-refractivity contribution is -0.0540. The maximum atomic E-state index is 16.0. The van der Waals surface area contributed by atoms with E-state index in [0.29, 0.717) is 16.2 Å². The number of hydrogen-bond donors (Lipinski definition) is 1. The number of hydrogen-bond acceptors (Lipinski definition) is 6. The van der Waals surface area contributed by atoms with Gasteiger partial charge in [-0.15, -0.1) is 11.8 Å². The number of thioether (sulfide) groups is 1. The second kappa shape index (κ2) is 8.21. The molecule has 4 aliphatic rings. The molecule has 1 aliphatic carbocycles. The van der Waals surface area contributed by atoms with Crippen LogP contribution in [-0.2, 0) is 4.74 Å². The number of allylic oxidation sites excluding steroid dienone is 3. The molecule has 0 bridgehead atoms. The van der Waals surface area contributed by atoms with Crippen molar-refractivity contribution in [2.45, 2.75) is 37.0 Å². The van der Waals surface area contributed by atoms with E-state index in [-0.39, 0.29) is 36.7 Å². The number of aromatic nitrogens is 1. The number of nitrogens with zero attached hydrogens (tertiary/aromatic N) is 3. The molecule has 0 saturated carbocycles. The Morgan fingerprint density at radius 2 is 2.00 bits per heavy atom. The topological polar surface area (TPSA) is 75.0 Å². The quantitative estimate of drug-likeness (QED) is 0.627. The third-order valence-corrected chi connectivity index (χ3v) is 9.11. The summed E-state index contributed by atoms with van der Waals surface area (Å²) in [5.41, 5.74) is -1.46. The summed E-state index contributed by atoms with van der Waals surface area (Å²) in [5.74, 6) is -1.79. The summed E-state index contributed by atoms with van der Waals surface area (Å²) >= 11 is 1.34. The summed E-state index contributed by atoms with van der Waals surface area (Å²) in [6.07, 6.45) is 5.77. The molecule has 36 heavy (non-hydrogen) atoms. The lowest BCUT2D eigenvalue weighted by atomic mass is 9.66. The van der Waals surface area contributed by atoms with Crippen molar-refractivity contribution in [3.05, 3.63) is 81.8 Å². The predicted molar refractivity (Wildman–Crippen MR) is 131 cm³/mol. The van der Waals surface area contributed by atoms with E-state index in [1.54, 1.807) is 28.1 Å². The molecule has 0 radical (unpaired) electrons. The normalized spacial score (nSPS) is 31.1. The fourth-order valence-corrected chi connectivity index (χ4v) is 7.36. The van der Waals surface area contributed by atoms with Gasteiger partial charge in [-0.2, -0.15) is 0 Å². The van der Waals surface area contributed by atoms with Crippen LogP contribution in [0.2, 0.25) is 0 Å². The maximum absolute atomic E-state index is 16.0. The molecule has 1 N–H and O–H groups in total. The molecular formula is C26H25F2N3O4S. The minimum atomic E-state index is -1.15. The summed E-state index contributed by atoms with van der Waals surface area (Å²) in [6, 6.07) is 4.76. The van der Waals surface area contributed by atoms with E-state index in [1.807, 2.05) is 19.9 Å². The first-order chi connectivity index (χ1) is 17.2. The largest absolute Gasteiger partial charge is 0.502 e. The van der Waals surface area contributed by atoms with E-state index in [9.17, 15) is 14.7 Å². The summed E-state index contributed by atoms with van der Waals surface area (Å²) in [5, 5.41) is 12.5. The number of fused-ring (bicyclic) bond motifs is 4. The number of carbonyl (C=O) groups is 1. The highest BCUT2D eigenvalue weighted by Crippen LogP contribution is 2.57. The Hall–Kier alpha value is -3.11. The summed E-state index contributed by atoms with van der Waals surface area (Å²) in [6.45, 7) is 4.03. The molecule has 1 aromatic heterocycles. The molecule has 1 fully saturated rings. The highest BCUT2D eigenvalue weighted by atomic mass is 32.2. The van der Waals surface area contributed by atoms with Crippen molar-refractivity contribution in [1.82, 2.24) is 9.58 Å². The smallest absolute Gasteiger partial charge is 0.278 e. The molecule has 3 unspecified atom stereocenters. The SMILES string of the molecule is C[C@H]1COCC2N1C(=O)c1c(O)c(=O)ccn1N2[C@@H]1c2cccc(F)c2SCC2C=CC=C(F)C21C. The minimum Gasteiger partial charge on any atom is -0.502 e. The van der Waals surface area contributed by atoms with Gasteiger partial charge in [0.15, 0.2) is 11.4 Å². The molecule has 0 spiro atoms. The van der Waals surface area contributed by atoms with Crippen LogP contribution in [0.1, 0.15) is 35.9 Å². The predicted octanol–water partition coefficient (Wildman–Crippen LogP) is 3.72. The average molecular weight is 514 g/mol. The number of rotatable bonds is 1. The molecule has 188 valence electrons. The molecule has 1 amide bonds. The average Bonchev–Trinajstić information content (AvgIpc) is 2.98. The Morgan fingerprint density at radius 1 is 1.19 bits per heavy atom. The Balaban J connectivity index is 1.69. The third-order valence-electron chi connectivity index (χ3n) is 7.87. The third kappa shape index (κ3) is 3.06. The molecule has 3 aliphatic heterocycles. The standard InChI is InChI=1S/C26H25F2N3O4S/c1-14-11-35-12-20-30(14)25(34)21-22(33)18(32)9-10-29(21)31(20)24-16-6-4-7-17(27)23(16)36-13-15-5-3-8-19(28)26(15,24)2/h3-10,14-15,20,24,33H,11-13H2,1-2H3/t14-,15?,20?,24+,26?/m0/s1. The van der Waals surface area contributed by atoms with Gasteiger partial charge in [-0.3, -0.25) is 19.3 Å². The Kier molecular flexibility index (Phi) is 5.31. The van der Waals surface area contributed by atoms with Crippen LogP contribution < -0.4 is 10.4 Å². The molecule has 7 nitrogen and oxygen atoms in total. The molecule has 10 heteroatoms. The number of pyridine rings is 1. The summed E-state index contributed by atoms with van der Waals surface area (Å²) in [4.78, 5) is 28.0. The molecular weight excluding hydrogens is 488 g/mol. The van der Waals surface area contributed by atoms with Crippen LogP contribution in [0.4, 0.5) is 8.78 Å². The number of benzene rings is 1. The highest BCUT2D eigenvalue weighted by molar-refractivity contribution is 7.99. The van der Waals surface area contributed by atoms with Crippen LogP contribution in [0, 0.1) is 17.2 Å². The van der Waals surface area contributed by atoms with Crippen LogP contribution in [0.3, 0.4) is 0 Å². The Labute approximate surface area is 210 Å². The van der Waals surface area contributed by atoms with Gasteiger partial charge in [0.2, 0.25) is 5.43 Å². The number of carbonyl (C=O) groups excluding carboxylic acids is 1. The Morgan fingerprint density at radius 3 is 2.81 bits per heavy atom. The van der Waals surface area contributed by atoms with Crippen LogP contribution in [-0.4, -0.2) is 51.8 Å². The monoisotopic (exact) mass is 513 g/mol. The van der Waals surface area contributed by atoms with E-state index in [2.05, 4.69) is 0 Å². The number of morpholine rings is 1. The van der Waals surface area contributed by atoms with Gasteiger partial charge < -0.3 is 14.7 Å². The fourth-order valence-electron chi connectivity index (χ4n) is 6.01. The molecule has 4 heterocycles. The summed E-state index contributed by atoms with van der Waals surface area (Å²) < 4.78 is 38.5. The number of ether oxygens (including phenoxy) is 1. The van der Waals surface area contributed by atoms with Gasteiger partial charge >= 0.3 is 0 Å². The van der Waals surface area contributed by atoms with Gasteiger partial charge in [-0.25, -0.2) is 8.78 Å². The summed E-state index contributed by atoms with van der Waals surface area (Å²) in [7, 11) is 0. The van der Waals surface area contributed by atoms with Gasteiger partial charge in [0, 0.05) is 28.8 Å². The molecule has 1 aromatic carbocycles. The highest BCUT2D eigenvalue weighted by Gasteiger charge is 2.56. The van der Waals surface area contributed by atoms with Crippen LogP contribution in [0.15, 0.2) is 64.2 Å². The first kappa shape index (κ1) is 23.3. The zero-order valence-electron chi connectivity index (χ0n) is 19.7. The van der Waals surface area contributed by atoms with Crippen molar-refractivity contribution in [2.24, 2.45) is 11.3 Å². The second-order valence-electron chi connectivity index (χ2n) is 9.84. The van der Waals surface area contributed by atoms with Gasteiger partial charge in [0.1, 0.15) is 17.8 Å². The number of halogens is 2. The van der Waals surface area contributed by atoms with Gasteiger partial charge in [-0.05, 0) is 24.6 Å². The van der Waals surface area contributed by atoms with E-state index < -0.39 is 40.5 Å². The van der Waals surface area contributed by atoms with E-state index in [1.165, 1.54) is 40.8 Å². The van der Waals surface area contributed by atoms with Crippen molar-refractivity contribution in [2.75, 3.05) is 24.0 Å². The first-order valence-electron chi connectivity index (χ1n) is 11.8. The second-order valence-corrected chi connectivity index (χ2v) is 10.9. The number of amides is 1. The lowest BCUT2D eigenvalue weighted by Gasteiger charge is -2.57. The van der Waals surface area contributed by atoms with Crippen LogP contribution in [0.5, 0.6) is 5.75 Å². The molecule has 5 atom stereocenters. The maximum Gasteiger partial charge on any atom is 0.278 e. The first-order valence-corrected chi connectivity index (χ1v) is 12.8. The van der Waals surface area contributed by atoms with Crippen molar-refractivity contribution in [3.63, 3.8) is 0 Å². The van der Waals surface area contributed by atoms with Crippen molar-refractivity contribution in [3.8, 4) is 5.75 Å². The lowest BCUT2D eigenvalue weighted by Crippen LogP contribution is -2.70. The van der Waals surface area contributed by atoms with E-state index >= 15 is 8.78 Å². The van der Waals surface area contributed by atoms with Gasteiger partial charge in [-0.1, -0.05) is 31.2 Å². The zero-order valence-corrected chi connectivity index (χ0v) is 20.5. The number of aromatic hydroxyl groups is 1. The van der Waals surface area contributed by atoms with Gasteiger partial charge in [0.05, 0.1) is 30.7 Å². The molecule has 1 saturated heterocycles. The van der Waals surface area contributed by atoms with Crippen LogP contribution in [0.25, 0.3) is 0 Å². The zero-order chi connectivity index (χ0) is 25.4.